The molecule has 0 aliphatic carbocycles. The van der Waals surface area contributed by atoms with Crippen LogP contribution in [-0.4, -0.2) is 21.6 Å². The summed E-state index contributed by atoms with van der Waals surface area (Å²) in [6.45, 7) is 1.20. The maximum absolute atomic E-state index is 11.9. The maximum atomic E-state index is 11.9. The highest BCUT2D eigenvalue weighted by Crippen LogP contribution is 2.34. The second kappa shape index (κ2) is 4.84. The molecular formula is C7H7F3N2OS2. The summed E-state index contributed by atoms with van der Waals surface area (Å²) >= 11 is 0.805. The lowest BCUT2D eigenvalue weighted by Gasteiger charge is -2.12. The van der Waals surface area contributed by atoms with Crippen LogP contribution in [0.5, 0.6) is 0 Å². The first-order chi connectivity index (χ1) is 6.88. The van der Waals surface area contributed by atoms with Gasteiger partial charge in [0, 0.05) is 11.6 Å². The normalized spacial score (nSPS) is 13.6. The van der Waals surface area contributed by atoms with Crippen LogP contribution >= 0.6 is 23.1 Å². The van der Waals surface area contributed by atoms with Crippen molar-refractivity contribution < 1.29 is 18.0 Å². The van der Waals surface area contributed by atoms with Gasteiger partial charge in [-0.2, -0.15) is 13.2 Å². The summed E-state index contributed by atoms with van der Waals surface area (Å²) in [5.41, 5.74) is -4.40. The van der Waals surface area contributed by atoms with Gasteiger partial charge in [-0.25, -0.2) is 4.98 Å². The van der Waals surface area contributed by atoms with Crippen molar-refractivity contribution in [3.8, 4) is 0 Å². The van der Waals surface area contributed by atoms with Crippen LogP contribution in [-0.2, 0) is 4.79 Å². The van der Waals surface area contributed by atoms with Crippen molar-refractivity contribution in [1.82, 2.24) is 4.98 Å². The Labute approximate surface area is 92.1 Å². The summed E-state index contributed by atoms with van der Waals surface area (Å²) in [5.74, 6) is -0.702. The highest BCUT2D eigenvalue weighted by molar-refractivity contribution is 8.01. The largest absolute Gasteiger partial charge is 0.442 e. The molecule has 3 nitrogen and oxygen atoms in total. The Morgan fingerprint density at radius 3 is 2.80 bits per heavy atom. The molecule has 0 aromatic carbocycles. The fraction of sp³-hybridized carbons (Fsp3) is 0.429. The van der Waals surface area contributed by atoms with Gasteiger partial charge >= 0.3 is 5.51 Å². The first kappa shape index (κ1) is 12.3. The number of aromatic nitrogens is 1. The van der Waals surface area contributed by atoms with Crippen molar-refractivity contribution in [1.29, 1.82) is 0 Å². The van der Waals surface area contributed by atoms with Crippen LogP contribution in [0.3, 0.4) is 0 Å². The molecule has 84 valence electrons. The molecule has 0 bridgehead atoms. The molecule has 8 heteroatoms. The molecular weight excluding hydrogens is 249 g/mol. The number of hydrogen-bond donors (Lipinski definition) is 1. The molecule has 1 amide bonds. The van der Waals surface area contributed by atoms with Gasteiger partial charge < -0.3 is 5.32 Å². The Bertz CT molecular complexity index is 325. The molecule has 15 heavy (non-hydrogen) atoms. The highest BCUT2D eigenvalue weighted by Gasteiger charge is 2.34. The Balaban J connectivity index is 2.47. The standard InChI is InChI=1S/C7H7F3N2OS2/c1-4(15-7(8,9)10)5(13)12-6-11-2-3-14-6/h2-4H,1H3,(H,11,12,13)/t4-/m0/s1. The van der Waals surface area contributed by atoms with Crippen molar-refractivity contribution in [2.45, 2.75) is 17.7 Å². The van der Waals surface area contributed by atoms with E-state index in [4.69, 9.17) is 0 Å². The van der Waals surface area contributed by atoms with E-state index in [-0.39, 0.29) is 11.8 Å². The van der Waals surface area contributed by atoms with E-state index >= 15 is 0 Å². The Hall–Kier alpha value is -0.760. The molecule has 1 atom stereocenters. The summed E-state index contributed by atoms with van der Waals surface area (Å²) in [7, 11) is 0. The van der Waals surface area contributed by atoms with Crippen LogP contribution in [0.25, 0.3) is 0 Å². The van der Waals surface area contributed by atoms with E-state index in [1.54, 1.807) is 5.38 Å². The predicted molar refractivity (Wildman–Crippen MR) is 53.9 cm³/mol. The van der Waals surface area contributed by atoms with Crippen molar-refractivity contribution in [2.24, 2.45) is 0 Å². The van der Waals surface area contributed by atoms with Gasteiger partial charge in [0.1, 0.15) is 0 Å². The van der Waals surface area contributed by atoms with Crippen molar-refractivity contribution >= 4 is 34.1 Å². The monoisotopic (exact) mass is 256 g/mol. The van der Waals surface area contributed by atoms with Gasteiger partial charge in [0.2, 0.25) is 5.91 Å². The number of thioether (sulfide) groups is 1. The number of carbonyl (C=O) groups excluding carboxylic acids is 1. The molecule has 0 fully saturated rings. The maximum Gasteiger partial charge on any atom is 0.442 e. The third-order valence-electron chi connectivity index (χ3n) is 1.34. The zero-order chi connectivity index (χ0) is 11.5. The zero-order valence-corrected chi connectivity index (χ0v) is 9.17. The van der Waals surface area contributed by atoms with Gasteiger partial charge in [0.15, 0.2) is 5.13 Å². The number of nitrogens with one attached hydrogen (secondary N) is 1. The van der Waals surface area contributed by atoms with E-state index in [1.807, 2.05) is 0 Å². The Morgan fingerprint density at radius 2 is 2.33 bits per heavy atom. The summed E-state index contributed by atoms with van der Waals surface area (Å²) in [4.78, 5) is 15.0. The highest BCUT2D eigenvalue weighted by atomic mass is 32.2. The number of hydrogen-bond acceptors (Lipinski definition) is 4. The van der Waals surface area contributed by atoms with Crippen LogP contribution in [0.1, 0.15) is 6.92 Å². The molecule has 0 radical (unpaired) electrons. The minimum absolute atomic E-state index is 0.301. The van der Waals surface area contributed by atoms with E-state index in [2.05, 4.69) is 10.3 Å². The van der Waals surface area contributed by atoms with E-state index in [9.17, 15) is 18.0 Å². The third kappa shape index (κ3) is 4.52. The molecule has 0 aliphatic heterocycles. The lowest BCUT2D eigenvalue weighted by atomic mass is 10.4. The van der Waals surface area contributed by atoms with Gasteiger partial charge in [-0.15, -0.1) is 11.3 Å². The topological polar surface area (TPSA) is 42.0 Å². The SMILES string of the molecule is C[C@H](SC(F)(F)F)C(=O)Nc1nccs1. The average Bonchev–Trinajstić information content (AvgIpc) is 2.53. The molecule has 0 spiro atoms. The van der Waals surface area contributed by atoms with Crippen LogP contribution in [0.15, 0.2) is 11.6 Å². The molecule has 0 aliphatic rings. The van der Waals surface area contributed by atoms with Crippen molar-refractivity contribution in [2.75, 3.05) is 5.32 Å². The number of thiazole rings is 1. The van der Waals surface area contributed by atoms with E-state index in [0.29, 0.717) is 5.13 Å². The number of amides is 1. The van der Waals surface area contributed by atoms with Crippen molar-refractivity contribution in [3.05, 3.63) is 11.6 Å². The van der Waals surface area contributed by atoms with Crippen LogP contribution in [0, 0.1) is 0 Å². The van der Waals surface area contributed by atoms with E-state index < -0.39 is 16.7 Å². The lowest BCUT2D eigenvalue weighted by Crippen LogP contribution is -2.25. The summed E-state index contributed by atoms with van der Waals surface area (Å²) in [5, 5.41) is 3.03. The molecule has 0 saturated heterocycles. The quantitative estimate of drug-likeness (QED) is 0.904. The third-order valence-corrected chi connectivity index (χ3v) is 2.87. The van der Waals surface area contributed by atoms with Gasteiger partial charge in [-0.3, -0.25) is 4.79 Å². The predicted octanol–water partition coefficient (Wildman–Crippen LogP) is 2.72. The number of rotatable bonds is 3. The molecule has 1 N–H and O–H groups in total. The summed E-state index contributed by atoms with van der Waals surface area (Å²) < 4.78 is 35.7. The molecule has 1 heterocycles. The fourth-order valence-corrected chi connectivity index (χ4v) is 1.84. The number of nitrogens with zero attached hydrogens (tertiary/aromatic N) is 1. The minimum Gasteiger partial charge on any atom is -0.301 e. The van der Waals surface area contributed by atoms with Gasteiger partial charge in [-0.1, -0.05) is 0 Å². The summed E-state index contributed by atoms with van der Waals surface area (Å²) in [6.07, 6.45) is 1.46. The first-order valence-electron chi connectivity index (χ1n) is 3.83. The zero-order valence-electron chi connectivity index (χ0n) is 7.54. The second-order valence-corrected chi connectivity index (χ2v) is 4.83. The van der Waals surface area contributed by atoms with E-state index in [0.717, 1.165) is 11.3 Å². The number of alkyl halides is 3. The van der Waals surface area contributed by atoms with Crippen LogP contribution in [0.2, 0.25) is 0 Å². The number of halogens is 3. The number of carbonyl (C=O) groups is 1. The van der Waals surface area contributed by atoms with Gasteiger partial charge in [0.25, 0.3) is 0 Å². The molecule has 1 aromatic rings. The fourth-order valence-electron chi connectivity index (χ4n) is 0.746. The van der Waals surface area contributed by atoms with Crippen molar-refractivity contribution in [3.63, 3.8) is 0 Å². The lowest BCUT2D eigenvalue weighted by molar-refractivity contribution is -0.115. The van der Waals surface area contributed by atoms with Gasteiger partial charge in [0.05, 0.1) is 5.25 Å². The molecule has 1 aromatic heterocycles. The first-order valence-corrected chi connectivity index (χ1v) is 5.59. The summed E-state index contributed by atoms with van der Waals surface area (Å²) in [6, 6.07) is 0. The van der Waals surface area contributed by atoms with Gasteiger partial charge in [-0.05, 0) is 18.7 Å². The average molecular weight is 256 g/mol. The molecule has 0 saturated carbocycles. The minimum atomic E-state index is -4.40. The molecule has 0 unspecified atom stereocenters. The van der Waals surface area contributed by atoms with Crippen LogP contribution < -0.4 is 5.32 Å². The Kier molecular flexibility index (Phi) is 3.97. The van der Waals surface area contributed by atoms with E-state index in [1.165, 1.54) is 13.1 Å². The smallest absolute Gasteiger partial charge is 0.301 e. The van der Waals surface area contributed by atoms with Crippen LogP contribution in [0.4, 0.5) is 18.3 Å². The molecule has 1 rings (SSSR count). The number of anilines is 1. The Morgan fingerprint density at radius 1 is 1.67 bits per heavy atom. The second-order valence-electron chi connectivity index (χ2n) is 2.53.